The fraction of sp³-hybridized carbons (Fsp3) is 0.615. The topological polar surface area (TPSA) is 44.8 Å². The molecular formula is C13H18BBrO4S. The minimum Gasteiger partial charge on any atom is -0.465 e. The first-order chi connectivity index (χ1) is 9.21. The van der Waals surface area contributed by atoms with Gasteiger partial charge in [0.25, 0.3) is 0 Å². The second-order valence-corrected chi connectivity index (χ2v) is 7.40. The van der Waals surface area contributed by atoms with Gasteiger partial charge in [0.05, 0.1) is 18.3 Å². The van der Waals surface area contributed by atoms with E-state index in [4.69, 9.17) is 14.0 Å². The summed E-state index contributed by atoms with van der Waals surface area (Å²) in [6, 6.07) is 1.80. The van der Waals surface area contributed by atoms with Gasteiger partial charge in [-0.25, -0.2) is 4.79 Å². The van der Waals surface area contributed by atoms with E-state index in [1.165, 1.54) is 18.4 Å². The number of rotatable bonds is 3. The highest BCUT2D eigenvalue weighted by Gasteiger charge is 2.52. The van der Waals surface area contributed by atoms with Crippen molar-refractivity contribution in [3.63, 3.8) is 0 Å². The van der Waals surface area contributed by atoms with E-state index in [1.54, 1.807) is 6.07 Å². The number of hydrogen-bond acceptors (Lipinski definition) is 5. The Bertz CT molecular complexity index is 510. The van der Waals surface area contributed by atoms with E-state index in [2.05, 4.69) is 15.9 Å². The van der Waals surface area contributed by atoms with Crippen LogP contribution in [0.5, 0.6) is 0 Å². The van der Waals surface area contributed by atoms with Crippen molar-refractivity contribution in [3.8, 4) is 0 Å². The van der Waals surface area contributed by atoms with Gasteiger partial charge in [-0.2, -0.15) is 0 Å². The zero-order valence-electron chi connectivity index (χ0n) is 12.3. The number of thiophene rings is 1. The monoisotopic (exact) mass is 360 g/mol. The molecule has 2 rings (SSSR count). The Balaban J connectivity index is 2.34. The summed E-state index contributed by atoms with van der Waals surface area (Å²) in [6.07, 6.45) is 0. The van der Waals surface area contributed by atoms with Crippen molar-refractivity contribution >= 4 is 45.8 Å². The Kier molecular flexibility index (Phi) is 4.36. The molecule has 0 bridgehead atoms. The Morgan fingerprint density at radius 2 is 1.90 bits per heavy atom. The van der Waals surface area contributed by atoms with Gasteiger partial charge in [-0.15, -0.1) is 11.3 Å². The molecule has 1 aromatic heterocycles. The SMILES string of the molecule is COC(=O)c1cc(B2OC(C)(C)C(C)(C)O2)c(CBr)s1. The largest absolute Gasteiger partial charge is 0.496 e. The highest BCUT2D eigenvalue weighted by atomic mass is 79.9. The second kappa shape index (κ2) is 5.44. The number of hydrogen-bond donors (Lipinski definition) is 0. The van der Waals surface area contributed by atoms with Crippen LogP contribution in [0.1, 0.15) is 42.2 Å². The maximum Gasteiger partial charge on any atom is 0.496 e. The highest BCUT2D eigenvalue weighted by Crippen LogP contribution is 2.37. The summed E-state index contributed by atoms with van der Waals surface area (Å²) in [5.41, 5.74) is 0.106. The molecule has 4 nitrogen and oxygen atoms in total. The van der Waals surface area contributed by atoms with Crippen LogP contribution in [-0.2, 0) is 19.4 Å². The maximum atomic E-state index is 11.7. The van der Waals surface area contributed by atoms with E-state index in [9.17, 15) is 4.79 Å². The molecule has 0 atom stereocenters. The zero-order valence-corrected chi connectivity index (χ0v) is 14.7. The van der Waals surface area contributed by atoms with Crippen LogP contribution in [-0.4, -0.2) is 31.4 Å². The lowest BCUT2D eigenvalue weighted by atomic mass is 9.79. The molecule has 0 aliphatic carbocycles. The van der Waals surface area contributed by atoms with Gasteiger partial charge in [0, 0.05) is 10.2 Å². The number of halogens is 1. The van der Waals surface area contributed by atoms with E-state index in [0.29, 0.717) is 10.2 Å². The molecule has 1 aromatic rings. The summed E-state index contributed by atoms with van der Waals surface area (Å²) in [6.45, 7) is 8.03. The molecule has 1 saturated heterocycles. The number of carbonyl (C=O) groups excluding carboxylic acids is 1. The molecule has 20 heavy (non-hydrogen) atoms. The molecule has 0 amide bonds. The first-order valence-corrected chi connectivity index (χ1v) is 8.28. The summed E-state index contributed by atoms with van der Waals surface area (Å²) >= 11 is 4.84. The van der Waals surface area contributed by atoms with Gasteiger partial charge in [-0.3, -0.25) is 0 Å². The van der Waals surface area contributed by atoms with Crippen LogP contribution in [0.2, 0.25) is 0 Å². The van der Waals surface area contributed by atoms with Gasteiger partial charge in [0.2, 0.25) is 0 Å². The second-order valence-electron chi connectivity index (χ2n) is 5.70. The molecule has 2 heterocycles. The van der Waals surface area contributed by atoms with E-state index >= 15 is 0 Å². The predicted octanol–water partition coefficient (Wildman–Crippen LogP) is 2.73. The normalized spacial score (nSPS) is 20.2. The quantitative estimate of drug-likeness (QED) is 0.472. The molecule has 0 spiro atoms. The lowest BCUT2D eigenvalue weighted by molar-refractivity contribution is 0.00578. The van der Waals surface area contributed by atoms with Gasteiger partial charge in [-0.05, 0) is 39.2 Å². The van der Waals surface area contributed by atoms with Crippen molar-refractivity contribution in [2.75, 3.05) is 7.11 Å². The standard InChI is InChI=1S/C13H18BBrO4S/c1-12(2)13(3,4)19-14(18-12)8-6-9(11(16)17-5)20-10(8)7-15/h6H,7H2,1-5H3. The lowest BCUT2D eigenvalue weighted by Gasteiger charge is -2.32. The molecule has 7 heteroatoms. The summed E-state index contributed by atoms with van der Waals surface area (Å²) in [5, 5.41) is 0.647. The van der Waals surface area contributed by atoms with E-state index in [1.807, 2.05) is 27.7 Å². The number of ether oxygens (including phenoxy) is 1. The molecule has 0 unspecified atom stereocenters. The Morgan fingerprint density at radius 3 is 2.35 bits per heavy atom. The van der Waals surface area contributed by atoms with Crippen molar-refractivity contribution in [3.05, 3.63) is 15.8 Å². The molecule has 110 valence electrons. The van der Waals surface area contributed by atoms with Crippen LogP contribution >= 0.6 is 27.3 Å². The average Bonchev–Trinajstić information content (AvgIpc) is 2.88. The number of esters is 1. The highest BCUT2D eigenvalue weighted by molar-refractivity contribution is 9.08. The van der Waals surface area contributed by atoms with Crippen molar-refractivity contribution in [1.29, 1.82) is 0 Å². The third kappa shape index (κ3) is 2.68. The van der Waals surface area contributed by atoms with Crippen molar-refractivity contribution in [2.45, 2.75) is 44.2 Å². The van der Waals surface area contributed by atoms with Crippen molar-refractivity contribution in [2.24, 2.45) is 0 Å². The number of carbonyl (C=O) groups is 1. The maximum absolute atomic E-state index is 11.7. The first kappa shape index (κ1) is 16.0. The van der Waals surface area contributed by atoms with Gasteiger partial charge < -0.3 is 14.0 Å². The molecule has 1 fully saturated rings. The van der Waals surface area contributed by atoms with Gasteiger partial charge in [0.15, 0.2) is 0 Å². The average molecular weight is 361 g/mol. The third-order valence-electron chi connectivity index (χ3n) is 3.86. The van der Waals surface area contributed by atoms with Gasteiger partial charge in [-0.1, -0.05) is 15.9 Å². The third-order valence-corrected chi connectivity index (χ3v) is 5.92. The lowest BCUT2D eigenvalue weighted by Crippen LogP contribution is -2.41. The van der Waals surface area contributed by atoms with E-state index in [-0.39, 0.29) is 5.97 Å². The molecule has 1 aliphatic heterocycles. The van der Waals surface area contributed by atoms with Crippen LogP contribution in [0.15, 0.2) is 6.07 Å². The van der Waals surface area contributed by atoms with Crippen molar-refractivity contribution in [1.82, 2.24) is 0 Å². The van der Waals surface area contributed by atoms with Gasteiger partial charge in [0.1, 0.15) is 4.88 Å². The molecule has 0 aromatic carbocycles. The van der Waals surface area contributed by atoms with Crippen molar-refractivity contribution < 1.29 is 18.8 Å². The minimum atomic E-state index is -0.456. The number of methoxy groups -OCH3 is 1. The van der Waals surface area contributed by atoms with E-state index in [0.717, 1.165) is 10.3 Å². The Morgan fingerprint density at radius 1 is 1.35 bits per heavy atom. The Hall–Kier alpha value is -0.365. The van der Waals surface area contributed by atoms with Crippen LogP contribution in [0.25, 0.3) is 0 Å². The predicted molar refractivity (Wildman–Crippen MR) is 84.0 cm³/mol. The summed E-state index contributed by atoms with van der Waals surface area (Å²) in [7, 11) is 0.923. The smallest absolute Gasteiger partial charge is 0.465 e. The molecule has 0 saturated carbocycles. The summed E-state index contributed by atoms with van der Waals surface area (Å²) in [4.78, 5) is 13.2. The Labute approximate surface area is 132 Å². The van der Waals surface area contributed by atoms with Gasteiger partial charge >= 0.3 is 13.1 Å². The van der Waals surface area contributed by atoms with Crippen LogP contribution in [0, 0.1) is 0 Å². The van der Waals surface area contributed by atoms with E-state index < -0.39 is 18.3 Å². The molecule has 1 aliphatic rings. The minimum absolute atomic E-state index is 0.333. The molecule has 0 radical (unpaired) electrons. The zero-order chi connectivity index (χ0) is 15.1. The molecular weight excluding hydrogens is 343 g/mol. The van der Waals surface area contributed by atoms with Crippen LogP contribution in [0.3, 0.4) is 0 Å². The summed E-state index contributed by atoms with van der Waals surface area (Å²) < 4.78 is 16.8. The fourth-order valence-electron chi connectivity index (χ4n) is 1.92. The van der Waals surface area contributed by atoms with Crippen LogP contribution < -0.4 is 5.46 Å². The number of alkyl halides is 1. The van der Waals surface area contributed by atoms with Crippen LogP contribution in [0.4, 0.5) is 0 Å². The fourth-order valence-corrected chi connectivity index (χ4v) is 3.53. The summed E-state index contributed by atoms with van der Waals surface area (Å²) in [5.74, 6) is -0.333. The first-order valence-electron chi connectivity index (χ1n) is 6.34. The molecule has 0 N–H and O–H groups in total.